The highest BCUT2D eigenvalue weighted by molar-refractivity contribution is 7.10. The Morgan fingerprint density at radius 1 is 1.19 bits per heavy atom. The second-order valence-corrected chi connectivity index (χ2v) is 7.16. The van der Waals surface area contributed by atoms with Gasteiger partial charge in [0.1, 0.15) is 5.76 Å². The standard InChI is InChI=1S/C20H18N2O3S/c23-19(21-12-15-6-3-9-25-15)11-17(18-8-4-10-26-18)22-13-14-5-1-2-7-16(14)20(22)24/h1-10,17H,11-13H2,(H,21,23). The maximum Gasteiger partial charge on any atom is 0.255 e. The van der Waals surface area contributed by atoms with Crippen molar-refractivity contribution in [2.75, 3.05) is 0 Å². The van der Waals surface area contributed by atoms with Crippen molar-refractivity contribution < 1.29 is 14.0 Å². The van der Waals surface area contributed by atoms with E-state index in [4.69, 9.17) is 4.42 Å². The molecule has 2 aromatic heterocycles. The highest BCUT2D eigenvalue weighted by atomic mass is 32.1. The average Bonchev–Trinajstić information content (AvgIpc) is 3.40. The number of amides is 2. The molecule has 26 heavy (non-hydrogen) atoms. The molecule has 1 atom stereocenters. The molecule has 0 radical (unpaired) electrons. The summed E-state index contributed by atoms with van der Waals surface area (Å²) in [6, 6.07) is 14.9. The number of nitrogens with zero attached hydrogens (tertiary/aromatic N) is 1. The number of nitrogens with one attached hydrogen (secondary N) is 1. The third-order valence-electron chi connectivity index (χ3n) is 4.52. The van der Waals surface area contributed by atoms with E-state index in [1.54, 1.807) is 28.6 Å². The van der Waals surface area contributed by atoms with Gasteiger partial charge >= 0.3 is 0 Å². The third-order valence-corrected chi connectivity index (χ3v) is 5.49. The molecule has 0 aliphatic carbocycles. The van der Waals surface area contributed by atoms with E-state index < -0.39 is 0 Å². The second-order valence-electron chi connectivity index (χ2n) is 6.18. The van der Waals surface area contributed by atoms with Crippen LogP contribution in [0.25, 0.3) is 0 Å². The SMILES string of the molecule is O=C(CC(c1cccs1)N1Cc2ccccc2C1=O)NCc1ccco1. The van der Waals surface area contributed by atoms with Gasteiger partial charge < -0.3 is 14.6 Å². The summed E-state index contributed by atoms with van der Waals surface area (Å²) in [6.07, 6.45) is 1.80. The summed E-state index contributed by atoms with van der Waals surface area (Å²) in [7, 11) is 0. The lowest BCUT2D eigenvalue weighted by atomic mass is 10.1. The van der Waals surface area contributed by atoms with Crippen LogP contribution in [0.15, 0.2) is 64.6 Å². The van der Waals surface area contributed by atoms with E-state index in [1.165, 1.54) is 0 Å². The second kappa shape index (κ2) is 7.17. The van der Waals surface area contributed by atoms with Crippen LogP contribution in [0.1, 0.15) is 39.0 Å². The van der Waals surface area contributed by atoms with Gasteiger partial charge in [-0.1, -0.05) is 24.3 Å². The lowest BCUT2D eigenvalue weighted by Gasteiger charge is -2.26. The van der Waals surface area contributed by atoms with Gasteiger partial charge in [-0.05, 0) is 35.2 Å². The molecule has 4 rings (SSSR count). The van der Waals surface area contributed by atoms with E-state index in [0.717, 1.165) is 16.0 Å². The van der Waals surface area contributed by atoms with Crippen LogP contribution in [0, 0.1) is 0 Å². The number of hydrogen-bond donors (Lipinski definition) is 1. The first-order chi connectivity index (χ1) is 12.7. The minimum atomic E-state index is -0.272. The Morgan fingerprint density at radius 2 is 2.08 bits per heavy atom. The Balaban J connectivity index is 1.51. The molecule has 1 N–H and O–H groups in total. The molecule has 0 saturated carbocycles. The minimum absolute atomic E-state index is 0.0159. The Kier molecular flexibility index (Phi) is 4.58. The first-order valence-corrected chi connectivity index (χ1v) is 9.31. The van der Waals surface area contributed by atoms with Crippen LogP contribution in [0.2, 0.25) is 0 Å². The van der Waals surface area contributed by atoms with Crippen LogP contribution in [0.5, 0.6) is 0 Å². The van der Waals surface area contributed by atoms with Gasteiger partial charge in [-0.3, -0.25) is 9.59 Å². The molecular formula is C20H18N2O3S. The molecule has 5 nitrogen and oxygen atoms in total. The van der Waals surface area contributed by atoms with Gasteiger partial charge in [-0.2, -0.15) is 0 Å². The quantitative estimate of drug-likeness (QED) is 0.723. The molecule has 1 aromatic carbocycles. The molecule has 3 aromatic rings. The predicted molar refractivity (Wildman–Crippen MR) is 98.5 cm³/mol. The lowest BCUT2D eigenvalue weighted by Crippen LogP contribution is -2.33. The molecule has 1 aliphatic heterocycles. The molecule has 2 amide bonds. The van der Waals surface area contributed by atoms with Crippen LogP contribution in [-0.2, 0) is 17.9 Å². The molecule has 6 heteroatoms. The van der Waals surface area contributed by atoms with Crippen molar-refractivity contribution in [1.29, 1.82) is 0 Å². The van der Waals surface area contributed by atoms with Crippen LogP contribution in [0.3, 0.4) is 0 Å². The van der Waals surface area contributed by atoms with Gasteiger partial charge in [0.25, 0.3) is 5.91 Å². The van der Waals surface area contributed by atoms with Crippen LogP contribution >= 0.6 is 11.3 Å². The monoisotopic (exact) mass is 366 g/mol. The molecule has 3 heterocycles. The molecule has 132 valence electrons. The number of carbonyl (C=O) groups is 2. The number of furan rings is 1. The Morgan fingerprint density at radius 3 is 2.81 bits per heavy atom. The Labute approximate surface area is 155 Å². The third kappa shape index (κ3) is 3.28. The molecule has 0 saturated heterocycles. The van der Waals surface area contributed by atoms with Gasteiger partial charge in [0, 0.05) is 17.0 Å². The molecule has 0 spiro atoms. The number of rotatable bonds is 6. The summed E-state index contributed by atoms with van der Waals surface area (Å²) in [5.74, 6) is 0.581. The summed E-state index contributed by atoms with van der Waals surface area (Å²) in [5, 5.41) is 4.84. The summed E-state index contributed by atoms with van der Waals surface area (Å²) in [5.41, 5.74) is 1.74. The fraction of sp³-hybridized carbons (Fsp3) is 0.200. The van der Waals surface area contributed by atoms with Crippen molar-refractivity contribution >= 4 is 23.2 Å². The maximum atomic E-state index is 12.8. The van der Waals surface area contributed by atoms with Crippen molar-refractivity contribution in [3.8, 4) is 0 Å². The van der Waals surface area contributed by atoms with Crippen molar-refractivity contribution in [2.24, 2.45) is 0 Å². The zero-order valence-corrected chi connectivity index (χ0v) is 14.9. The molecule has 0 bridgehead atoms. The van der Waals surface area contributed by atoms with E-state index >= 15 is 0 Å². The van der Waals surface area contributed by atoms with Gasteiger partial charge in [-0.25, -0.2) is 0 Å². The largest absolute Gasteiger partial charge is 0.467 e. The minimum Gasteiger partial charge on any atom is -0.467 e. The van der Waals surface area contributed by atoms with Crippen LogP contribution in [-0.4, -0.2) is 16.7 Å². The first-order valence-electron chi connectivity index (χ1n) is 8.44. The first kappa shape index (κ1) is 16.6. The molecule has 1 aliphatic rings. The Hall–Kier alpha value is -2.86. The molecular weight excluding hydrogens is 348 g/mol. The van der Waals surface area contributed by atoms with Crippen LogP contribution in [0.4, 0.5) is 0 Å². The number of carbonyl (C=O) groups excluding carboxylic acids is 2. The summed E-state index contributed by atoms with van der Waals surface area (Å²) < 4.78 is 5.24. The fourth-order valence-corrected chi connectivity index (χ4v) is 4.06. The number of hydrogen-bond acceptors (Lipinski definition) is 4. The van der Waals surface area contributed by atoms with Crippen LogP contribution < -0.4 is 5.32 Å². The lowest BCUT2D eigenvalue weighted by molar-refractivity contribution is -0.122. The zero-order valence-electron chi connectivity index (χ0n) is 14.1. The highest BCUT2D eigenvalue weighted by Crippen LogP contribution is 2.35. The highest BCUT2D eigenvalue weighted by Gasteiger charge is 2.34. The molecule has 0 fully saturated rings. The van der Waals surface area contributed by atoms with E-state index in [0.29, 0.717) is 18.8 Å². The number of benzene rings is 1. The van der Waals surface area contributed by atoms with Gasteiger partial charge in [0.2, 0.25) is 5.91 Å². The maximum absolute atomic E-state index is 12.8. The van der Waals surface area contributed by atoms with Gasteiger partial charge in [0.15, 0.2) is 0 Å². The van der Waals surface area contributed by atoms with E-state index in [2.05, 4.69) is 5.32 Å². The summed E-state index contributed by atoms with van der Waals surface area (Å²) >= 11 is 1.56. The van der Waals surface area contributed by atoms with Gasteiger partial charge in [0.05, 0.1) is 25.3 Å². The number of thiophene rings is 1. The summed E-state index contributed by atoms with van der Waals surface area (Å²) in [4.78, 5) is 28.1. The van der Waals surface area contributed by atoms with E-state index in [-0.39, 0.29) is 24.3 Å². The topological polar surface area (TPSA) is 62.6 Å². The van der Waals surface area contributed by atoms with Crippen molar-refractivity contribution in [3.05, 3.63) is 81.9 Å². The average molecular weight is 366 g/mol. The molecule has 1 unspecified atom stereocenters. The van der Waals surface area contributed by atoms with Gasteiger partial charge in [-0.15, -0.1) is 11.3 Å². The predicted octanol–water partition coefficient (Wildman–Crippen LogP) is 3.74. The number of fused-ring (bicyclic) bond motifs is 1. The van der Waals surface area contributed by atoms with Crippen molar-refractivity contribution in [2.45, 2.75) is 25.6 Å². The Bertz CT molecular complexity index is 903. The van der Waals surface area contributed by atoms with E-state index in [9.17, 15) is 9.59 Å². The van der Waals surface area contributed by atoms with E-state index in [1.807, 2.05) is 47.8 Å². The van der Waals surface area contributed by atoms with Crippen molar-refractivity contribution in [1.82, 2.24) is 10.2 Å². The smallest absolute Gasteiger partial charge is 0.255 e. The summed E-state index contributed by atoms with van der Waals surface area (Å²) in [6.45, 7) is 0.875. The van der Waals surface area contributed by atoms with Crippen molar-refractivity contribution in [3.63, 3.8) is 0 Å². The fourth-order valence-electron chi connectivity index (χ4n) is 3.22. The normalized spacial score (nSPS) is 14.3. The zero-order chi connectivity index (χ0) is 17.9.